The maximum atomic E-state index is 13.5. The van der Waals surface area contributed by atoms with E-state index in [0.717, 1.165) is 17.9 Å². The van der Waals surface area contributed by atoms with Crippen LogP contribution >= 0.6 is 0 Å². The molecule has 552 valence electrons. The fourth-order valence-corrected chi connectivity index (χ4v) is 12.5. The largest absolute Gasteiger partial charge is 0.394 e. The Morgan fingerprint density at radius 3 is 1.32 bits per heavy atom. The summed E-state index contributed by atoms with van der Waals surface area (Å²) in [6, 6.07) is 0. The van der Waals surface area contributed by atoms with E-state index in [4.69, 9.17) is 23.8 Å². The van der Waals surface area contributed by atoms with Gasteiger partial charge in [-0.1, -0.05) is 25.8 Å². The Kier molecular flexibility index (Phi) is 41.0. The monoisotopic (exact) mass is 1370 g/mol. The highest BCUT2D eigenvalue weighted by Crippen LogP contribution is 2.28. The van der Waals surface area contributed by atoms with Crippen LogP contribution in [0.1, 0.15) is 141 Å². The van der Waals surface area contributed by atoms with Crippen LogP contribution in [-0.4, -0.2) is 343 Å². The molecule has 4 heterocycles. The summed E-state index contributed by atoms with van der Waals surface area (Å²) >= 11 is 0. The predicted molar refractivity (Wildman–Crippen MR) is 342 cm³/mol. The lowest BCUT2D eigenvalue weighted by atomic mass is 9.92. The van der Waals surface area contributed by atoms with Gasteiger partial charge in [0.15, 0.2) is 0 Å². The van der Waals surface area contributed by atoms with Gasteiger partial charge in [-0.25, -0.2) is 4.79 Å². The summed E-state index contributed by atoms with van der Waals surface area (Å²) in [6.07, 6.45) is -8.02. The number of aliphatic hydroxyl groups excluding tert-OH is 14. The number of ether oxygens (including phenoxy) is 4. The molecule has 0 aromatic heterocycles. The lowest BCUT2D eigenvalue weighted by molar-refractivity contribution is -0.230. The molecule has 3 amide bonds. The fraction of sp³-hybridized carbons (Fsp3) is 0.891. The summed E-state index contributed by atoms with van der Waals surface area (Å²) in [5.41, 5.74) is 0.558. The van der Waals surface area contributed by atoms with Crippen LogP contribution < -0.4 is 16.0 Å². The van der Waals surface area contributed by atoms with Gasteiger partial charge in [0.25, 0.3) is 5.91 Å². The van der Waals surface area contributed by atoms with Crippen molar-refractivity contribution in [2.24, 2.45) is 0 Å². The summed E-state index contributed by atoms with van der Waals surface area (Å²) in [5, 5.41) is 153. The van der Waals surface area contributed by atoms with Crippen molar-refractivity contribution < 1.29 is 119 Å². The van der Waals surface area contributed by atoms with Crippen LogP contribution in [0.25, 0.3) is 0 Å². The molecule has 0 aromatic rings. The van der Waals surface area contributed by atoms with Gasteiger partial charge in [-0.2, -0.15) is 5.06 Å². The zero-order valence-electron chi connectivity index (χ0n) is 55.7. The van der Waals surface area contributed by atoms with Crippen molar-refractivity contribution in [3.63, 3.8) is 0 Å². The van der Waals surface area contributed by atoms with Crippen molar-refractivity contribution in [1.82, 2.24) is 35.7 Å². The van der Waals surface area contributed by atoms with E-state index in [0.29, 0.717) is 167 Å². The number of nitrogens with zero attached hydrogens (tertiary/aromatic N) is 4. The minimum Gasteiger partial charge on any atom is -0.394 e. The number of hydrogen-bond acceptors (Lipinski definition) is 28. The summed E-state index contributed by atoms with van der Waals surface area (Å²) < 4.78 is 23.1. The van der Waals surface area contributed by atoms with Crippen LogP contribution in [0.4, 0.5) is 0 Å². The number of nitrogens with one attached hydrogen (secondary N) is 3. The molecule has 95 heavy (non-hydrogen) atoms. The van der Waals surface area contributed by atoms with Gasteiger partial charge in [0, 0.05) is 71.0 Å². The van der Waals surface area contributed by atoms with Gasteiger partial charge in [0.1, 0.15) is 73.4 Å². The number of aliphatic hydroxyl groups is 14. The summed E-state index contributed by atoms with van der Waals surface area (Å²) in [4.78, 5) is 73.1. The van der Waals surface area contributed by atoms with Crippen LogP contribution in [-0.2, 0) is 47.8 Å². The van der Waals surface area contributed by atoms with Gasteiger partial charge in [0.05, 0.1) is 82.2 Å². The number of unbranched alkanes of at least 4 members (excludes halogenated alkanes) is 6. The van der Waals surface area contributed by atoms with Crippen LogP contribution in [0.5, 0.6) is 0 Å². The van der Waals surface area contributed by atoms with Crippen molar-refractivity contribution in [2.45, 2.75) is 251 Å². The second-order valence-electron chi connectivity index (χ2n) is 25.9. The van der Waals surface area contributed by atoms with Gasteiger partial charge < -0.3 is 126 Å². The van der Waals surface area contributed by atoms with Crippen molar-refractivity contribution in [3.05, 3.63) is 12.3 Å². The molecule has 0 bridgehead atoms. The molecule has 0 aromatic carbocycles. The first-order valence-electron chi connectivity index (χ1n) is 34.4. The number of hydroxylamine groups is 2. The molecular formula is C64H117N7O24. The van der Waals surface area contributed by atoms with E-state index in [9.17, 15) is 95.5 Å². The summed E-state index contributed by atoms with van der Waals surface area (Å²) in [6.45, 7) is 7.17. The molecule has 4 saturated heterocycles. The number of hydrogen-bond donors (Lipinski definition) is 17. The van der Waals surface area contributed by atoms with E-state index < -0.39 is 135 Å². The first-order chi connectivity index (χ1) is 45.5. The normalized spacial score (nSPS) is 29.5. The number of aldehydes is 1. The standard InChI is InChI=1S/C64H117N7O24/c1-42(65-23-7-3-6-22-56(82)95-68(2)55(81)21-16-32-72)35-71(36-53(79)66-24-8-4-10-26-69(28-12-17-43-33-45(77)58(84)50(39-74)91-43)29-13-18-47-57(83)46(78)34-44(38-73)92-47)37-54(80)67-25-9-5-11-27-70(30-14-19-48-59(85)63(89)61(87)51(40-75)93-48)31-15-20-49-60(86)64(90)62(88)52(41-76)94-49/h32,43-52,57-65,73-78,83-90H,1,3-31,33-41H2,2H3,(H,66,79)(H,67,80)/t43-,44?,45?,46?,47-,48-,49-,50?,51?,52?,57?,58+,59?,60?,61-,62-,63?,64?/m1/s1. The minimum atomic E-state index is -1.50. The van der Waals surface area contributed by atoms with Gasteiger partial charge >= 0.3 is 5.97 Å². The van der Waals surface area contributed by atoms with Crippen molar-refractivity contribution in [1.29, 1.82) is 0 Å². The summed E-state index contributed by atoms with van der Waals surface area (Å²) in [5.74, 6) is -1.68. The highest BCUT2D eigenvalue weighted by Gasteiger charge is 2.45. The Morgan fingerprint density at radius 1 is 0.442 bits per heavy atom. The molecule has 0 saturated carbocycles. The Labute approximate surface area is 558 Å². The average Bonchev–Trinajstić information content (AvgIpc) is 0.930. The molecule has 11 unspecified atom stereocenters. The van der Waals surface area contributed by atoms with E-state index in [1.807, 2.05) is 0 Å². The number of rotatable bonds is 48. The molecule has 4 rings (SSSR count). The zero-order chi connectivity index (χ0) is 69.8. The highest BCUT2D eigenvalue weighted by molar-refractivity contribution is 5.81. The lowest BCUT2D eigenvalue weighted by Crippen LogP contribution is -2.58. The first kappa shape index (κ1) is 83.7. The van der Waals surface area contributed by atoms with Crippen LogP contribution in [0.15, 0.2) is 12.3 Å². The van der Waals surface area contributed by atoms with E-state index in [1.54, 1.807) is 4.90 Å². The third-order valence-electron chi connectivity index (χ3n) is 18.1. The minimum absolute atomic E-state index is 0.0221. The van der Waals surface area contributed by atoms with E-state index in [2.05, 4.69) is 32.3 Å². The SMILES string of the molecule is C=C(CN(CC(=O)NCCCCCN(CCC[C@@H]1CC(O)[C@H](O)C(CO)O1)CCC[C@H]1OC(CO)CC(O)C1O)CC(=O)NCCCCCN(CCC[C@H]1OC(CO)[C@@H](O)C(O)C1O)CCC[C@H]1OC(CO)[C@@H](O)C(O)C1O)NCCCCCC(=O)ON(C)C(=O)CCC=O. The molecule has 31 heteroatoms. The third kappa shape index (κ3) is 30.7. The molecule has 0 aliphatic carbocycles. The highest BCUT2D eigenvalue weighted by atomic mass is 16.7. The molecule has 31 nitrogen and oxygen atoms in total. The molecule has 4 aliphatic heterocycles. The Morgan fingerprint density at radius 2 is 0.842 bits per heavy atom. The van der Waals surface area contributed by atoms with Crippen LogP contribution in [0, 0.1) is 0 Å². The van der Waals surface area contributed by atoms with Gasteiger partial charge in [0.2, 0.25) is 11.8 Å². The molecule has 0 spiro atoms. The predicted octanol–water partition coefficient (Wildman–Crippen LogP) is -4.43. The van der Waals surface area contributed by atoms with Gasteiger partial charge in [-0.15, -0.1) is 0 Å². The fourth-order valence-electron chi connectivity index (χ4n) is 12.5. The number of carbonyl (C=O) groups excluding carboxylic acids is 5. The Hall–Kier alpha value is -3.75. The second kappa shape index (κ2) is 46.6. The number of amides is 3. The van der Waals surface area contributed by atoms with E-state index >= 15 is 0 Å². The Balaban J connectivity index is 1.28. The quantitative estimate of drug-likeness (QED) is 0.0155. The molecular weight excluding hydrogens is 1250 g/mol. The van der Waals surface area contributed by atoms with E-state index in [-0.39, 0.29) is 76.3 Å². The van der Waals surface area contributed by atoms with Crippen LogP contribution in [0.2, 0.25) is 0 Å². The van der Waals surface area contributed by atoms with Crippen molar-refractivity contribution in [3.8, 4) is 0 Å². The number of carbonyl (C=O) groups is 5. The molecule has 4 aliphatic rings. The van der Waals surface area contributed by atoms with Crippen LogP contribution in [0.3, 0.4) is 0 Å². The Bertz CT molecular complexity index is 2120. The van der Waals surface area contributed by atoms with Crippen molar-refractivity contribution in [2.75, 3.05) is 112 Å². The average molecular weight is 1370 g/mol. The smallest absolute Gasteiger partial charge is 0.332 e. The second-order valence-corrected chi connectivity index (χ2v) is 25.9. The van der Waals surface area contributed by atoms with Gasteiger partial charge in [-0.05, 0) is 129 Å². The molecule has 18 atom stereocenters. The van der Waals surface area contributed by atoms with Crippen molar-refractivity contribution >= 4 is 30.0 Å². The molecule has 17 N–H and O–H groups in total. The molecule has 0 radical (unpaired) electrons. The molecule has 4 fully saturated rings. The van der Waals surface area contributed by atoms with E-state index in [1.165, 1.54) is 7.05 Å². The van der Waals surface area contributed by atoms with Gasteiger partial charge in [-0.3, -0.25) is 19.3 Å². The topological polar surface area (TPSA) is 464 Å². The lowest BCUT2D eigenvalue weighted by Gasteiger charge is -2.40. The zero-order valence-corrected chi connectivity index (χ0v) is 55.7. The summed E-state index contributed by atoms with van der Waals surface area (Å²) in [7, 11) is 1.32. The third-order valence-corrected chi connectivity index (χ3v) is 18.1. The maximum Gasteiger partial charge on any atom is 0.332 e. The maximum absolute atomic E-state index is 13.5. The first-order valence-corrected chi connectivity index (χ1v) is 34.4.